The Morgan fingerprint density at radius 1 is 1.37 bits per heavy atom. The molecule has 0 fully saturated rings. The lowest BCUT2D eigenvalue weighted by atomic mass is 10.2. The summed E-state index contributed by atoms with van der Waals surface area (Å²) in [6, 6.07) is 3.41. The Hall–Kier alpha value is -2.09. The van der Waals surface area contributed by atoms with E-state index in [-0.39, 0.29) is 16.2 Å². The van der Waals surface area contributed by atoms with Crippen molar-refractivity contribution in [1.29, 1.82) is 0 Å². The molecule has 0 atom stereocenters. The van der Waals surface area contributed by atoms with Crippen LogP contribution in [0.5, 0.6) is 5.75 Å². The number of carbonyl (C=O) groups excluding carboxylic acids is 1. The summed E-state index contributed by atoms with van der Waals surface area (Å²) in [5, 5.41) is 11.2. The van der Waals surface area contributed by atoms with Crippen LogP contribution in [-0.4, -0.2) is 45.3 Å². The molecule has 0 saturated heterocycles. The van der Waals surface area contributed by atoms with Crippen LogP contribution in [0, 0.1) is 0 Å². The molecule has 1 rings (SSSR count). The molecule has 0 aliphatic rings. The van der Waals surface area contributed by atoms with Crippen LogP contribution in [0.1, 0.15) is 10.4 Å². The molecule has 0 saturated carbocycles. The van der Waals surface area contributed by atoms with Gasteiger partial charge in [-0.15, -0.1) is 0 Å². The molecule has 0 bridgehead atoms. The minimum absolute atomic E-state index is 0.0476. The molecule has 2 N–H and O–H groups in total. The summed E-state index contributed by atoms with van der Waals surface area (Å²) in [6.45, 7) is 0. The highest BCUT2D eigenvalue weighted by Crippen LogP contribution is 2.23. The fraction of sp³-hybridized carbons (Fsp3) is 0.273. The average Bonchev–Trinajstić information content (AvgIpc) is 2.37. The maximum atomic E-state index is 11.9. The number of methoxy groups -OCH3 is 1. The Kier molecular flexibility index (Phi) is 4.49. The second kappa shape index (κ2) is 5.70. The predicted molar refractivity (Wildman–Crippen MR) is 66.1 cm³/mol. The summed E-state index contributed by atoms with van der Waals surface area (Å²) in [7, 11) is -1.29. The van der Waals surface area contributed by atoms with E-state index in [9.17, 15) is 18.0 Å². The molecule has 1 aromatic rings. The minimum Gasteiger partial charge on any atom is -0.496 e. The summed E-state index contributed by atoms with van der Waals surface area (Å²) in [6.07, 6.45) is 0. The third-order valence-electron chi connectivity index (χ3n) is 2.36. The van der Waals surface area contributed by atoms with Crippen molar-refractivity contribution in [3.8, 4) is 5.75 Å². The normalized spacial score (nSPS) is 10.8. The number of carboxylic acid groups (broad SMARTS) is 1. The molecule has 1 aromatic carbocycles. The van der Waals surface area contributed by atoms with E-state index in [1.807, 2.05) is 0 Å². The second-order valence-corrected chi connectivity index (χ2v) is 5.59. The predicted octanol–water partition coefficient (Wildman–Crippen LogP) is -0.0869. The van der Waals surface area contributed by atoms with Gasteiger partial charge in [-0.3, -0.25) is 4.79 Å². The Morgan fingerprint density at radius 3 is 2.47 bits per heavy atom. The fourth-order valence-corrected chi connectivity index (χ4v) is 2.60. The molecule has 0 radical (unpaired) electrons. The smallest absolute Gasteiger partial charge is 0.339 e. The zero-order chi connectivity index (χ0) is 14.6. The zero-order valence-corrected chi connectivity index (χ0v) is 11.2. The maximum absolute atomic E-state index is 11.9. The third kappa shape index (κ3) is 3.44. The first-order valence-corrected chi connectivity index (χ1v) is 6.81. The summed E-state index contributed by atoms with van der Waals surface area (Å²) >= 11 is 0. The molecule has 0 aromatic heterocycles. The van der Waals surface area contributed by atoms with Crippen molar-refractivity contribution in [1.82, 2.24) is 5.32 Å². The van der Waals surface area contributed by atoms with E-state index >= 15 is 0 Å². The van der Waals surface area contributed by atoms with Gasteiger partial charge in [0.2, 0.25) is 5.91 Å². The number of aromatic carboxylic acids is 1. The fourth-order valence-electron chi connectivity index (χ4n) is 1.38. The van der Waals surface area contributed by atoms with Crippen LogP contribution in [0.3, 0.4) is 0 Å². The van der Waals surface area contributed by atoms with Gasteiger partial charge < -0.3 is 15.2 Å². The van der Waals surface area contributed by atoms with Crippen LogP contribution in [0.15, 0.2) is 23.1 Å². The molecule has 0 spiro atoms. The lowest BCUT2D eigenvalue weighted by Gasteiger charge is -2.08. The van der Waals surface area contributed by atoms with E-state index < -0.39 is 27.5 Å². The van der Waals surface area contributed by atoms with Gasteiger partial charge in [0.1, 0.15) is 17.1 Å². The monoisotopic (exact) mass is 287 g/mol. The molecule has 0 unspecified atom stereocenters. The number of sulfone groups is 1. The number of ether oxygens (including phenoxy) is 1. The van der Waals surface area contributed by atoms with E-state index in [2.05, 4.69) is 5.32 Å². The van der Waals surface area contributed by atoms with Gasteiger partial charge in [-0.25, -0.2) is 13.2 Å². The number of nitrogens with one attached hydrogen (secondary N) is 1. The SMILES string of the molecule is CNC(=O)CS(=O)(=O)c1ccc(OC)c(C(=O)O)c1. The summed E-state index contributed by atoms with van der Waals surface area (Å²) in [5.41, 5.74) is -0.277. The molecule has 19 heavy (non-hydrogen) atoms. The Bertz CT molecular complexity index is 608. The first kappa shape index (κ1) is 15.0. The summed E-state index contributed by atoms with van der Waals surface area (Å²) < 4.78 is 28.6. The van der Waals surface area contributed by atoms with Crippen molar-refractivity contribution in [3.63, 3.8) is 0 Å². The van der Waals surface area contributed by atoms with Gasteiger partial charge >= 0.3 is 5.97 Å². The Labute approximate surface area is 110 Å². The lowest BCUT2D eigenvalue weighted by molar-refractivity contribution is -0.118. The molecule has 0 heterocycles. The molecule has 0 aliphatic carbocycles. The Balaban J connectivity index is 3.25. The van der Waals surface area contributed by atoms with Gasteiger partial charge in [0.25, 0.3) is 0 Å². The van der Waals surface area contributed by atoms with Gasteiger partial charge in [0, 0.05) is 7.05 Å². The van der Waals surface area contributed by atoms with E-state index in [0.29, 0.717) is 0 Å². The van der Waals surface area contributed by atoms with Gasteiger partial charge in [-0.2, -0.15) is 0 Å². The van der Waals surface area contributed by atoms with Gasteiger partial charge in [0.05, 0.1) is 12.0 Å². The standard InChI is InChI=1S/C11H13NO6S/c1-12-10(13)6-19(16,17)7-3-4-9(18-2)8(5-7)11(14)15/h3-5H,6H2,1-2H3,(H,12,13)(H,14,15). The van der Waals surface area contributed by atoms with Crippen molar-refractivity contribution in [2.24, 2.45) is 0 Å². The van der Waals surface area contributed by atoms with Crippen LogP contribution in [0.2, 0.25) is 0 Å². The number of hydrogen-bond donors (Lipinski definition) is 2. The number of hydrogen-bond acceptors (Lipinski definition) is 5. The molecular weight excluding hydrogens is 274 g/mol. The number of carboxylic acids is 1. The zero-order valence-electron chi connectivity index (χ0n) is 10.3. The van der Waals surface area contributed by atoms with Crippen LogP contribution in [0.25, 0.3) is 0 Å². The third-order valence-corrected chi connectivity index (χ3v) is 3.97. The molecule has 104 valence electrons. The topological polar surface area (TPSA) is 110 Å². The first-order valence-electron chi connectivity index (χ1n) is 5.16. The Morgan fingerprint density at radius 2 is 2.00 bits per heavy atom. The molecular formula is C11H13NO6S. The van der Waals surface area contributed by atoms with E-state index in [0.717, 1.165) is 6.07 Å². The molecule has 0 aliphatic heterocycles. The molecule has 8 heteroatoms. The van der Waals surface area contributed by atoms with Crippen LogP contribution in [-0.2, 0) is 14.6 Å². The van der Waals surface area contributed by atoms with Crippen LogP contribution in [0.4, 0.5) is 0 Å². The molecule has 1 amide bonds. The maximum Gasteiger partial charge on any atom is 0.339 e. The van der Waals surface area contributed by atoms with Crippen molar-refractivity contribution < 1.29 is 27.9 Å². The second-order valence-electron chi connectivity index (χ2n) is 3.60. The van der Waals surface area contributed by atoms with Crippen molar-refractivity contribution in [3.05, 3.63) is 23.8 Å². The lowest BCUT2D eigenvalue weighted by Crippen LogP contribution is -2.27. The average molecular weight is 287 g/mol. The van der Waals surface area contributed by atoms with E-state index in [4.69, 9.17) is 9.84 Å². The van der Waals surface area contributed by atoms with Crippen LogP contribution < -0.4 is 10.1 Å². The van der Waals surface area contributed by atoms with Gasteiger partial charge in [-0.05, 0) is 18.2 Å². The highest BCUT2D eigenvalue weighted by molar-refractivity contribution is 7.92. The van der Waals surface area contributed by atoms with Gasteiger partial charge in [0.15, 0.2) is 9.84 Å². The number of benzene rings is 1. The molecule has 7 nitrogen and oxygen atoms in total. The van der Waals surface area contributed by atoms with E-state index in [1.165, 1.54) is 26.3 Å². The van der Waals surface area contributed by atoms with Gasteiger partial charge in [-0.1, -0.05) is 0 Å². The summed E-state index contributed by atoms with van der Waals surface area (Å²) in [5.74, 6) is -2.68. The van der Waals surface area contributed by atoms with Crippen molar-refractivity contribution in [2.45, 2.75) is 4.90 Å². The highest BCUT2D eigenvalue weighted by Gasteiger charge is 2.22. The minimum atomic E-state index is -3.88. The number of rotatable bonds is 5. The quantitative estimate of drug-likeness (QED) is 0.783. The van der Waals surface area contributed by atoms with Crippen LogP contribution >= 0.6 is 0 Å². The summed E-state index contributed by atoms with van der Waals surface area (Å²) in [4.78, 5) is 21.9. The number of carbonyl (C=O) groups is 2. The first-order chi connectivity index (χ1) is 8.81. The van der Waals surface area contributed by atoms with E-state index in [1.54, 1.807) is 0 Å². The largest absolute Gasteiger partial charge is 0.496 e. The van der Waals surface area contributed by atoms with Crippen molar-refractivity contribution >= 4 is 21.7 Å². The van der Waals surface area contributed by atoms with Crippen molar-refractivity contribution in [2.75, 3.05) is 19.9 Å². The highest BCUT2D eigenvalue weighted by atomic mass is 32.2. The number of amides is 1.